The zero-order chi connectivity index (χ0) is 15.0. The molecular weight excluding hydrogens is 284 g/mol. The molecule has 109 valence electrons. The van der Waals surface area contributed by atoms with E-state index in [9.17, 15) is 0 Å². The minimum atomic E-state index is 0.463. The van der Waals surface area contributed by atoms with Crippen molar-refractivity contribution in [3.8, 4) is 0 Å². The molecule has 22 heavy (non-hydrogen) atoms. The molecule has 0 N–H and O–H groups in total. The highest BCUT2D eigenvalue weighted by Crippen LogP contribution is 2.30. The first-order valence-electron chi connectivity index (χ1n) is 7.62. The van der Waals surface area contributed by atoms with Gasteiger partial charge >= 0.3 is 0 Å². The van der Waals surface area contributed by atoms with Gasteiger partial charge in [-0.05, 0) is 41.5 Å². The topological polar surface area (TPSA) is 0 Å². The van der Waals surface area contributed by atoms with E-state index in [1.807, 2.05) is 23.9 Å². The quantitative estimate of drug-likeness (QED) is 0.518. The number of thioether (sulfide) groups is 1. The van der Waals surface area contributed by atoms with E-state index in [2.05, 4.69) is 78.9 Å². The van der Waals surface area contributed by atoms with Crippen molar-refractivity contribution in [1.82, 2.24) is 0 Å². The van der Waals surface area contributed by atoms with Crippen LogP contribution in [0.15, 0.2) is 89.8 Å². The lowest BCUT2D eigenvalue weighted by Crippen LogP contribution is -2.02. The van der Waals surface area contributed by atoms with Crippen molar-refractivity contribution in [2.24, 2.45) is 0 Å². The Balaban J connectivity index is 1.72. The van der Waals surface area contributed by atoms with E-state index < -0.39 is 0 Å². The molecule has 0 fully saturated rings. The van der Waals surface area contributed by atoms with Crippen LogP contribution in [0.3, 0.4) is 0 Å². The number of hydrogen-bond acceptors (Lipinski definition) is 1. The molecule has 1 radical (unpaired) electrons. The van der Waals surface area contributed by atoms with Gasteiger partial charge in [-0.1, -0.05) is 72.8 Å². The summed E-state index contributed by atoms with van der Waals surface area (Å²) in [6.45, 7) is 0. The van der Waals surface area contributed by atoms with E-state index >= 15 is 0 Å². The molecule has 0 amide bonds. The molecule has 0 aromatic heterocycles. The first kappa shape index (κ1) is 14.9. The lowest BCUT2D eigenvalue weighted by molar-refractivity contribution is 0.785. The fourth-order valence-corrected chi connectivity index (χ4v) is 3.58. The second-order valence-corrected chi connectivity index (χ2v) is 6.42. The number of hydrogen-bond donors (Lipinski definition) is 0. The maximum atomic E-state index is 3.07. The van der Waals surface area contributed by atoms with Gasteiger partial charge in [0.05, 0.1) is 0 Å². The minimum Gasteiger partial charge on any atom is -0.126 e. The van der Waals surface area contributed by atoms with Gasteiger partial charge in [-0.3, -0.25) is 0 Å². The SMILES string of the molecule is [c]1ccc(SCCC(c2ccccc2)c2ccccc2)cc1. The summed E-state index contributed by atoms with van der Waals surface area (Å²) in [6, 6.07) is 32.9. The Bertz CT molecular complexity index is 623. The Morgan fingerprint density at radius 3 is 1.82 bits per heavy atom. The molecule has 3 aromatic carbocycles. The Hall–Kier alpha value is -1.99. The van der Waals surface area contributed by atoms with Crippen LogP contribution in [0.5, 0.6) is 0 Å². The molecule has 0 heterocycles. The smallest absolute Gasteiger partial charge is 0.00973 e. The van der Waals surface area contributed by atoms with E-state index in [0.29, 0.717) is 5.92 Å². The van der Waals surface area contributed by atoms with Crippen molar-refractivity contribution >= 4 is 11.8 Å². The number of rotatable bonds is 6. The molecule has 3 rings (SSSR count). The zero-order valence-corrected chi connectivity index (χ0v) is 13.3. The van der Waals surface area contributed by atoms with Crippen LogP contribution in [-0.2, 0) is 0 Å². The highest BCUT2D eigenvalue weighted by atomic mass is 32.2. The highest BCUT2D eigenvalue weighted by Gasteiger charge is 2.13. The standard InChI is InChI=1S/C21H19S/c1-4-10-18(11-5-1)21(19-12-6-2-7-13-19)16-17-22-20-14-8-3-9-15-20/h1-2,4-15,21H,16-17H2. The van der Waals surface area contributed by atoms with Gasteiger partial charge in [0.2, 0.25) is 0 Å². The molecule has 0 saturated carbocycles. The average Bonchev–Trinajstić information content (AvgIpc) is 2.61. The fourth-order valence-electron chi connectivity index (χ4n) is 2.66. The monoisotopic (exact) mass is 303 g/mol. The second-order valence-electron chi connectivity index (χ2n) is 5.25. The minimum absolute atomic E-state index is 0.463. The molecule has 1 heteroatoms. The van der Waals surface area contributed by atoms with Crippen molar-refractivity contribution in [1.29, 1.82) is 0 Å². The van der Waals surface area contributed by atoms with Gasteiger partial charge in [-0.2, -0.15) is 0 Å². The van der Waals surface area contributed by atoms with Crippen molar-refractivity contribution in [3.05, 3.63) is 102 Å². The van der Waals surface area contributed by atoms with Crippen LogP contribution in [0.1, 0.15) is 23.5 Å². The highest BCUT2D eigenvalue weighted by molar-refractivity contribution is 7.99. The van der Waals surface area contributed by atoms with Crippen LogP contribution in [0, 0.1) is 6.07 Å². The average molecular weight is 303 g/mol. The lowest BCUT2D eigenvalue weighted by atomic mass is 9.89. The van der Waals surface area contributed by atoms with Crippen LogP contribution in [0.2, 0.25) is 0 Å². The molecule has 0 aliphatic rings. The van der Waals surface area contributed by atoms with Crippen LogP contribution >= 0.6 is 11.8 Å². The van der Waals surface area contributed by atoms with Gasteiger partial charge in [0.1, 0.15) is 0 Å². The summed E-state index contributed by atoms with van der Waals surface area (Å²) >= 11 is 1.92. The Kier molecular flexibility index (Phi) is 5.33. The molecular formula is C21H19S. The maximum Gasteiger partial charge on any atom is 0.00973 e. The van der Waals surface area contributed by atoms with Crippen molar-refractivity contribution in [2.75, 3.05) is 5.75 Å². The van der Waals surface area contributed by atoms with Crippen LogP contribution in [-0.4, -0.2) is 5.75 Å². The third-order valence-corrected chi connectivity index (χ3v) is 4.81. The maximum absolute atomic E-state index is 3.07. The Labute approximate surface area is 137 Å². The summed E-state index contributed by atoms with van der Waals surface area (Å²) in [5, 5.41) is 0. The molecule has 0 aliphatic carbocycles. The molecule has 0 nitrogen and oxygen atoms in total. The van der Waals surface area contributed by atoms with E-state index in [4.69, 9.17) is 0 Å². The van der Waals surface area contributed by atoms with Gasteiger partial charge < -0.3 is 0 Å². The first-order chi connectivity index (χ1) is 10.9. The predicted octanol–water partition coefficient (Wildman–Crippen LogP) is 5.80. The van der Waals surface area contributed by atoms with Gasteiger partial charge in [0.25, 0.3) is 0 Å². The predicted molar refractivity (Wildman–Crippen MR) is 95.3 cm³/mol. The van der Waals surface area contributed by atoms with Crippen LogP contribution in [0.25, 0.3) is 0 Å². The van der Waals surface area contributed by atoms with Crippen LogP contribution in [0.4, 0.5) is 0 Å². The summed E-state index contributed by atoms with van der Waals surface area (Å²) < 4.78 is 0. The van der Waals surface area contributed by atoms with E-state index in [1.54, 1.807) is 0 Å². The van der Waals surface area contributed by atoms with Crippen molar-refractivity contribution in [2.45, 2.75) is 17.2 Å². The van der Waals surface area contributed by atoms with Gasteiger partial charge in [0, 0.05) is 10.8 Å². The molecule has 0 saturated heterocycles. The third kappa shape index (κ3) is 4.02. The van der Waals surface area contributed by atoms with Gasteiger partial charge in [-0.15, -0.1) is 11.8 Å². The van der Waals surface area contributed by atoms with E-state index in [1.165, 1.54) is 16.0 Å². The molecule has 0 aliphatic heterocycles. The zero-order valence-electron chi connectivity index (χ0n) is 12.5. The van der Waals surface area contributed by atoms with Crippen molar-refractivity contribution in [3.63, 3.8) is 0 Å². The molecule has 0 unspecified atom stereocenters. The summed E-state index contributed by atoms with van der Waals surface area (Å²) in [6.07, 6.45) is 1.14. The van der Waals surface area contributed by atoms with Crippen LogP contribution < -0.4 is 0 Å². The molecule has 0 atom stereocenters. The fraction of sp³-hybridized carbons (Fsp3) is 0.143. The number of benzene rings is 3. The third-order valence-electron chi connectivity index (χ3n) is 3.77. The second kappa shape index (κ2) is 7.86. The van der Waals surface area contributed by atoms with Gasteiger partial charge in [-0.25, -0.2) is 0 Å². The summed E-state index contributed by atoms with van der Waals surface area (Å²) in [4.78, 5) is 1.32. The Morgan fingerprint density at radius 1 is 0.727 bits per heavy atom. The van der Waals surface area contributed by atoms with E-state index in [0.717, 1.165) is 12.2 Å². The first-order valence-corrected chi connectivity index (χ1v) is 8.61. The normalized spacial score (nSPS) is 10.8. The molecule has 0 spiro atoms. The van der Waals surface area contributed by atoms with Gasteiger partial charge in [0.15, 0.2) is 0 Å². The summed E-state index contributed by atoms with van der Waals surface area (Å²) in [5.74, 6) is 1.57. The summed E-state index contributed by atoms with van der Waals surface area (Å²) in [5.41, 5.74) is 2.80. The lowest BCUT2D eigenvalue weighted by Gasteiger charge is -2.18. The van der Waals surface area contributed by atoms with E-state index in [-0.39, 0.29) is 0 Å². The summed E-state index contributed by atoms with van der Waals surface area (Å²) in [7, 11) is 0. The molecule has 0 bridgehead atoms. The van der Waals surface area contributed by atoms with Crippen molar-refractivity contribution < 1.29 is 0 Å². The Morgan fingerprint density at radius 2 is 1.27 bits per heavy atom. The molecule has 3 aromatic rings. The largest absolute Gasteiger partial charge is 0.126 e.